The van der Waals surface area contributed by atoms with Crippen LogP contribution in [-0.4, -0.2) is 33.2 Å². The Labute approximate surface area is 67.9 Å². The molecule has 0 amide bonds. The molecule has 0 radical (unpaired) electrons. The highest BCUT2D eigenvalue weighted by molar-refractivity contribution is 4.62. The first-order valence-electron chi connectivity index (χ1n) is 3.76. The van der Waals surface area contributed by atoms with Crippen molar-refractivity contribution < 1.29 is 14.2 Å². The largest absolute Gasteiger partial charge is 0.379 e. The van der Waals surface area contributed by atoms with E-state index >= 15 is 0 Å². The van der Waals surface area contributed by atoms with E-state index in [1.807, 2.05) is 6.92 Å². The highest BCUT2D eigenvalue weighted by atomic mass is 16.7. The van der Waals surface area contributed by atoms with Gasteiger partial charge in [-0.05, 0) is 6.92 Å². The minimum Gasteiger partial charge on any atom is -0.379 e. The third kappa shape index (κ3) is 9.62. The molecule has 11 heavy (non-hydrogen) atoms. The Morgan fingerprint density at radius 3 is 2.55 bits per heavy atom. The molecule has 0 aromatic heterocycles. The highest BCUT2D eigenvalue weighted by Gasteiger charge is 1.86. The molecule has 3 heteroatoms. The third-order valence-electron chi connectivity index (χ3n) is 0.979. The molecule has 0 aliphatic carbocycles. The van der Waals surface area contributed by atoms with Gasteiger partial charge in [0.2, 0.25) is 0 Å². The van der Waals surface area contributed by atoms with Crippen LogP contribution in [-0.2, 0) is 14.2 Å². The van der Waals surface area contributed by atoms with Crippen molar-refractivity contribution in [3.63, 3.8) is 0 Å². The van der Waals surface area contributed by atoms with Crippen LogP contribution < -0.4 is 0 Å². The Morgan fingerprint density at radius 1 is 1.18 bits per heavy atom. The molecule has 0 bridgehead atoms. The molecule has 0 rings (SSSR count). The Hall–Kier alpha value is -0.380. The molecular weight excluding hydrogens is 144 g/mol. The fraction of sp³-hybridized carbons (Fsp3) is 0.750. The van der Waals surface area contributed by atoms with Crippen molar-refractivity contribution in [3.05, 3.63) is 12.7 Å². The lowest BCUT2D eigenvalue weighted by Crippen LogP contribution is -2.06. The second-order valence-corrected chi connectivity index (χ2v) is 1.88. The Balaban J connectivity index is 2.74. The molecule has 0 aromatic carbocycles. The molecule has 66 valence electrons. The van der Waals surface area contributed by atoms with E-state index in [2.05, 4.69) is 6.58 Å². The zero-order chi connectivity index (χ0) is 8.36. The summed E-state index contributed by atoms with van der Waals surface area (Å²) in [7, 11) is 0. The Morgan fingerprint density at radius 2 is 1.91 bits per heavy atom. The molecule has 0 aliphatic rings. The third-order valence-corrected chi connectivity index (χ3v) is 0.979. The lowest BCUT2D eigenvalue weighted by molar-refractivity contribution is -0.0604. The van der Waals surface area contributed by atoms with Gasteiger partial charge in [-0.2, -0.15) is 0 Å². The normalized spacial score (nSPS) is 9.91. The average molecular weight is 160 g/mol. The van der Waals surface area contributed by atoms with Crippen LogP contribution in [0.4, 0.5) is 0 Å². The van der Waals surface area contributed by atoms with E-state index < -0.39 is 0 Å². The molecule has 0 spiro atoms. The maximum atomic E-state index is 5.04. The van der Waals surface area contributed by atoms with E-state index in [4.69, 9.17) is 14.2 Å². The fourth-order valence-corrected chi connectivity index (χ4v) is 0.511. The monoisotopic (exact) mass is 160 g/mol. The van der Waals surface area contributed by atoms with Crippen LogP contribution in [0.3, 0.4) is 0 Å². The highest BCUT2D eigenvalue weighted by Crippen LogP contribution is 1.80. The summed E-state index contributed by atoms with van der Waals surface area (Å²) < 4.78 is 15.0. The smallest absolute Gasteiger partial charge is 0.147 e. The van der Waals surface area contributed by atoms with Gasteiger partial charge in [-0.1, -0.05) is 6.08 Å². The second-order valence-electron chi connectivity index (χ2n) is 1.88. The van der Waals surface area contributed by atoms with Gasteiger partial charge in [-0.3, -0.25) is 0 Å². The number of ether oxygens (including phenoxy) is 3. The van der Waals surface area contributed by atoms with E-state index in [1.165, 1.54) is 0 Å². The molecule has 0 aliphatic heterocycles. The van der Waals surface area contributed by atoms with Crippen LogP contribution in [0.1, 0.15) is 6.92 Å². The van der Waals surface area contributed by atoms with Gasteiger partial charge in [0, 0.05) is 6.61 Å². The summed E-state index contributed by atoms with van der Waals surface area (Å²) in [5.74, 6) is 0. The van der Waals surface area contributed by atoms with E-state index in [9.17, 15) is 0 Å². The van der Waals surface area contributed by atoms with Crippen molar-refractivity contribution in [2.45, 2.75) is 6.92 Å². The van der Waals surface area contributed by atoms with Gasteiger partial charge in [-0.25, -0.2) is 0 Å². The van der Waals surface area contributed by atoms with Crippen molar-refractivity contribution in [3.8, 4) is 0 Å². The molecule has 0 saturated heterocycles. The molecule has 0 atom stereocenters. The van der Waals surface area contributed by atoms with Gasteiger partial charge in [-0.15, -0.1) is 6.58 Å². The topological polar surface area (TPSA) is 27.7 Å². The van der Waals surface area contributed by atoms with Gasteiger partial charge in [0.15, 0.2) is 0 Å². The van der Waals surface area contributed by atoms with Gasteiger partial charge in [0.1, 0.15) is 6.79 Å². The van der Waals surface area contributed by atoms with Crippen molar-refractivity contribution >= 4 is 0 Å². The summed E-state index contributed by atoms with van der Waals surface area (Å²) in [4.78, 5) is 0. The minimum atomic E-state index is 0.319. The van der Waals surface area contributed by atoms with Gasteiger partial charge in [0.05, 0.1) is 19.8 Å². The van der Waals surface area contributed by atoms with Gasteiger partial charge in [0.25, 0.3) is 0 Å². The quantitative estimate of drug-likeness (QED) is 0.303. The maximum Gasteiger partial charge on any atom is 0.147 e. The fourth-order valence-electron chi connectivity index (χ4n) is 0.511. The number of hydrogen-bond acceptors (Lipinski definition) is 3. The van der Waals surface area contributed by atoms with E-state index in [1.54, 1.807) is 6.08 Å². The predicted molar refractivity (Wildman–Crippen MR) is 43.5 cm³/mol. The van der Waals surface area contributed by atoms with Crippen LogP contribution in [0.15, 0.2) is 12.7 Å². The first-order chi connectivity index (χ1) is 5.41. The molecular formula is C8H16O3. The molecule has 0 saturated carbocycles. The summed E-state index contributed by atoms with van der Waals surface area (Å²) >= 11 is 0. The van der Waals surface area contributed by atoms with E-state index in [-0.39, 0.29) is 0 Å². The molecule has 0 aromatic rings. The van der Waals surface area contributed by atoms with Gasteiger partial charge < -0.3 is 14.2 Å². The molecule has 0 fully saturated rings. The molecule has 0 heterocycles. The van der Waals surface area contributed by atoms with E-state index in [0.717, 1.165) is 6.61 Å². The Bertz CT molecular complexity index is 83.4. The minimum absolute atomic E-state index is 0.319. The van der Waals surface area contributed by atoms with Crippen molar-refractivity contribution in [1.29, 1.82) is 0 Å². The lowest BCUT2D eigenvalue weighted by Gasteiger charge is -2.03. The van der Waals surface area contributed by atoms with Crippen molar-refractivity contribution in [1.82, 2.24) is 0 Å². The van der Waals surface area contributed by atoms with Crippen molar-refractivity contribution in [2.75, 3.05) is 33.2 Å². The molecule has 0 unspecified atom stereocenters. The average Bonchev–Trinajstić information content (AvgIpc) is 2.03. The van der Waals surface area contributed by atoms with Crippen LogP contribution >= 0.6 is 0 Å². The SMILES string of the molecule is C=CCOCOCCOCC. The Kier molecular flexibility index (Phi) is 9.29. The number of rotatable bonds is 8. The summed E-state index contributed by atoms with van der Waals surface area (Å²) in [6.45, 7) is 8.26. The second kappa shape index (κ2) is 9.62. The van der Waals surface area contributed by atoms with Crippen LogP contribution in [0, 0.1) is 0 Å². The summed E-state index contributed by atoms with van der Waals surface area (Å²) in [6, 6.07) is 0. The lowest BCUT2D eigenvalue weighted by atomic mass is 10.7. The summed E-state index contributed by atoms with van der Waals surface area (Å²) in [6.07, 6.45) is 1.69. The summed E-state index contributed by atoms with van der Waals surface area (Å²) in [5, 5.41) is 0. The number of hydrogen-bond donors (Lipinski definition) is 0. The zero-order valence-corrected chi connectivity index (χ0v) is 7.04. The van der Waals surface area contributed by atoms with Crippen LogP contribution in [0.5, 0.6) is 0 Å². The van der Waals surface area contributed by atoms with Gasteiger partial charge >= 0.3 is 0 Å². The predicted octanol–water partition coefficient (Wildman–Crippen LogP) is 1.20. The summed E-state index contributed by atoms with van der Waals surface area (Å²) in [5.41, 5.74) is 0. The molecule has 0 N–H and O–H groups in total. The zero-order valence-electron chi connectivity index (χ0n) is 7.04. The van der Waals surface area contributed by atoms with Crippen molar-refractivity contribution in [2.24, 2.45) is 0 Å². The standard InChI is InChI=1S/C8H16O3/c1-3-5-10-8-11-7-6-9-4-2/h3H,1,4-8H2,2H3. The molecule has 3 nitrogen and oxygen atoms in total. The maximum absolute atomic E-state index is 5.04. The van der Waals surface area contributed by atoms with E-state index in [0.29, 0.717) is 26.6 Å². The first kappa shape index (κ1) is 10.6. The van der Waals surface area contributed by atoms with Crippen LogP contribution in [0.25, 0.3) is 0 Å². The first-order valence-corrected chi connectivity index (χ1v) is 3.76. The van der Waals surface area contributed by atoms with Crippen LogP contribution in [0.2, 0.25) is 0 Å².